The van der Waals surface area contributed by atoms with Crippen LogP contribution in [0.15, 0.2) is 52.7 Å². The van der Waals surface area contributed by atoms with Crippen LogP contribution in [0.2, 0.25) is 5.02 Å². The molecule has 0 amide bonds. The van der Waals surface area contributed by atoms with Crippen LogP contribution in [0, 0.1) is 0 Å². The molecule has 0 radical (unpaired) electrons. The molecule has 0 spiro atoms. The number of hydrogen-bond donors (Lipinski definition) is 2. The molecule has 8 heteroatoms. The first kappa shape index (κ1) is 14.4. The summed E-state index contributed by atoms with van der Waals surface area (Å²) in [6.07, 6.45) is 0. The van der Waals surface area contributed by atoms with Gasteiger partial charge in [0.1, 0.15) is 22.2 Å². The van der Waals surface area contributed by atoms with E-state index in [2.05, 4.69) is 20.4 Å². The Morgan fingerprint density at radius 2 is 1.73 bits per heavy atom. The lowest BCUT2D eigenvalue weighted by atomic mass is 10.2. The number of hydrogen-bond acceptors (Lipinski definition) is 7. The zero-order valence-corrected chi connectivity index (χ0v) is 12.6. The van der Waals surface area contributed by atoms with E-state index >= 15 is 0 Å². The summed E-state index contributed by atoms with van der Waals surface area (Å²) >= 11 is 7.10. The highest BCUT2D eigenvalue weighted by Gasteiger charge is 2.07. The molecule has 0 bridgehead atoms. The summed E-state index contributed by atoms with van der Waals surface area (Å²) < 4.78 is 0. The van der Waals surface area contributed by atoms with Gasteiger partial charge >= 0.3 is 0 Å². The molecule has 0 unspecified atom stereocenters. The number of aromatic hydroxyl groups is 2. The van der Waals surface area contributed by atoms with Crippen LogP contribution in [-0.4, -0.2) is 20.4 Å². The zero-order valence-electron chi connectivity index (χ0n) is 11.0. The first-order chi connectivity index (χ1) is 10.6. The maximum absolute atomic E-state index is 9.62. The molecule has 2 aromatic carbocycles. The van der Waals surface area contributed by atoms with Crippen molar-refractivity contribution in [3.63, 3.8) is 0 Å². The van der Waals surface area contributed by atoms with E-state index < -0.39 is 0 Å². The van der Waals surface area contributed by atoms with E-state index in [1.807, 2.05) is 12.1 Å². The Balaban J connectivity index is 1.82. The lowest BCUT2D eigenvalue weighted by Crippen LogP contribution is -1.75. The molecule has 6 nitrogen and oxygen atoms in total. The molecule has 0 fully saturated rings. The van der Waals surface area contributed by atoms with Gasteiger partial charge < -0.3 is 10.2 Å². The largest absolute Gasteiger partial charge is 0.508 e. The second-order valence-corrected chi connectivity index (χ2v) is 5.66. The quantitative estimate of drug-likeness (QED) is 0.681. The van der Waals surface area contributed by atoms with Crippen LogP contribution in [0.25, 0.3) is 10.6 Å². The number of nitrogens with zero attached hydrogens (tertiary/aromatic N) is 4. The highest BCUT2D eigenvalue weighted by Crippen LogP contribution is 2.33. The summed E-state index contributed by atoms with van der Waals surface area (Å²) in [6.45, 7) is 0. The molecule has 0 aliphatic rings. The summed E-state index contributed by atoms with van der Waals surface area (Å²) in [6, 6.07) is 11.3. The van der Waals surface area contributed by atoms with Gasteiger partial charge in [0.2, 0.25) is 0 Å². The molecule has 0 saturated carbocycles. The smallest absolute Gasteiger partial charge is 0.252 e. The number of azo groups is 1. The van der Waals surface area contributed by atoms with Crippen molar-refractivity contribution in [1.29, 1.82) is 0 Å². The Kier molecular flexibility index (Phi) is 3.99. The first-order valence-corrected chi connectivity index (χ1v) is 7.34. The molecular formula is C14H9ClN4O2S. The Morgan fingerprint density at radius 1 is 0.955 bits per heavy atom. The highest BCUT2D eigenvalue weighted by molar-refractivity contribution is 7.18. The van der Waals surface area contributed by atoms with E-state index in [1.165, 1.54) is 29.5 Å². The number of phenolic OH excluding ortho intramolecular Hbond substituents is 2. The third-order valence-electron chi connectivity index (χ3n) is 2.71. The lowest BCUT2D eigenvalue weighted by Gasteiger charge is -1.96. The summed E-state index contributed by atoms with van der Waals surface area (Å²) in [5.41, 5.74) is 1.12. The molecule has 2 N–H and O–H groups in total. The Bertz CT molecular complexity index is 833. The molecule has 3 rings (SSSR count). The summed E-state index contributed by atoms with van der Waals surface area (Å²) in [4.78, 5) is 0. The number of aromatic nitrogens is 2. The van der Waals surface area contributed by atoms with Crippen molar-refractivity contribution in [1.82, 2.24) is 10.2 Å². The topological polar surface area (TPSA) is 91.0 Å². The van der Waals surface area contributed by atoms with Gasteiger partial charge in [-0.2, -0.15) is 0 Å². The minimum Gasteiger partial charge on any atom is -0.508 e. The fourth-order valence-electron chi connectivity index (χ4n) is 1.66. The molecular weight excluding hydrogens is 324 g/mol. The van der Waals surface area contributed by atoms with Crippen LogP contribution in [0.1, 0.15) is 0 Å². The molecule has 1 heterocycles. The van der Waals surface area contributed by atoms with Crippen LogP contribution < -0.4 is 0 Å². The van der Waals surface area contributed by atoms with Crippen molar-refractivity contribution < 1.29 is 10.2 Å². The van der Waals surface area contributed by atoms with Gasteiger partial charge in [-0.05, 0) is 24.3 Å². The van der Waals surface area contributed by atoms with E-state index in [1.54, 1.807) is 12.1 Å². The minimum atomic E-state index is -0.161. The predicted octanol–water partition coefficient (Wildman–Crippen LogP) is 4.69. The molecule has 0 aliphatic carbocycles. The SMILES string of the molecule is Oc1ccc(N=Nc2nnc(-c3ccc(Cl)cc3)s2)c(O)c1. The average Bonchev–Trinajstić information content (AvgIpc) is 2.96. The fourth-order valence-corrected chi connectivity index (χ4v) is 2.46. The van der Waals surface area contributed by atoms with Gasteiger partial charge in [0.15, 0.2) is 0 Å². The average molecular weight is 333 g/mol. The molecule has 0 atom stereocenters. The summed E-state index contributed by atoms with van der Waals surface area (Å²) in [5, 5.41) is 36.3. The van der Waals surface area contributed by atoms with Crippen LogP contribution in [0.4, 0.5) is 10.8 Å². The van der Waals surface area contributed by atoms with Crippen molar-refractivity contribution in [3.8, 4) is 22.1 Å². The Labute approximate surface area is 134 Å². The van der Waals surface area contributed by atoms with Gasteiger partial charge in [0.05, 0.1) is 0 Å². The van der Waals surface area contributed by atoms with E-state index in [0.29, 0.717) is 15.2 Å². The Morgan fingerprint density at radius 3 is 2.45 bits per heavy atom. The number of phenols is 2. The second kappa shape index (κ2) is 6.08. The first-order valence-electron chi connectivity index (χ1n) is 6.15. The highest BCUT2D eigenvalue weighted by atomic mass is 35.5. The molecule has 110 valence electrons. The van der Waals surface area contributed by atoms with Crippen molar-refractivity contribution >= 4 is 33.8 Å². The summed E-state index contributed by atoms with van der Waals surface area (Å²) in [5.74, 6) is -0.205. The predicted molar refractivity (Wildman–Crippen MR) is 84.3 cm³/mol. The van der Waals surface area contributed by atoms with Gasteiger partial charge in [-0.1, -0.05) is 35.1 Å². The molecule has 1 aromatic heterocycles. The van der Waals surface area contributed by atoms with Crippen LogP contribution in [-0.2, 0) is 0 Å². The zero-order chi connectivity index (χ0) is 15.5. The standard InChI is InChI=1S/C14H9ClN4O2S/c15-9-3-1-8(2-4-9)13-17-19-14(22-13)18-16-11-6-5-10(20)7-12(11)21/h1-7,20-21H. The fraction of sp³-hybridized carbons (Fsp3) is 0. The molecule has 3 aromatic rings. The van der Waals surface area contributed by atoms with Crippen molar-refractivity contribution in [3.05, 3.63) is 47.5 Å². The normalized spacial score (nSPS) is 11.1. The van der Waals surface area contributed by atoms with Crippen molar-refractivity contribution in [2.45, 2.75) is 0 Å². The third-order valence-corrected chi connectivity index (χ3v) is 3.82. The number of halogens is 1. The molecule has 0 saturated heterocycles. The van der Waals surface area contributed by atoms with E-state index in [9.17, 15) is 10.2 Å². The van der Waals surface area contributed by atoms with Crippen LogP contribution >= 0.6 is 22.9 Å². The Hall–Kier alpha value is -2.51. The van der Waals surface area contributed by atoms with Gasteiger partial charge in [-0.3, -0.25) is 0 Å². The van der Waals surface area contributed by atoms with Crippen LogP contribution in [0.5, 0.6) is 11.5 Å². The van der Waals surface area contributed by atoms with Gasteiger partial charge in [-0.25, -0.2) is 0 Å². The van der Waals surface area contributed by atoms with E-state index in [0.717, 1.165) is 5.56 Å². The van der Waals surface area contributed by atoms with Gasteiger partial charge in [0, 0.05) is 16.7 Å². The van der Waals surface area contributed by atoms with Crippen molar-refractivity contribution in [2.75, 3.05) is 0 Å². The number of benzene rings is 2. The van der Waals surface area contributed by atoms with E-state index in [-0.39, 0.29) is 17.2 Å². The summed E-state index contributed by atoms with van der Waals surface area (Å²) in [7, 11) is 0. The van der Waals surface area contributed by atoms with Gasteiger partial charge in [-0.15, -0.1) is 20.4 Å². The monoisotopic (exact) mass is 332 g/mol. The molecule has 22 heavy (non-hydrogen) atoms. The second-order valence-electron chi connectivity index (χ2n) is 4.27. The lowest BCUT2D eigenvalue weighted by molar-refractivity contribution is 0.451. The maximum Gasteiger partial charge on any atom is 0.252 e. The molecule has 0 aliphatic heterocycles. The number of rotatable bonds is 3. The van der Waals surface area contributed by atoms with Gasteiger partial charge in [0.25, 0.3) is 5.13 Å². The van der Waals surface area contributed by atoms with Crippen molar-refractivity contribution in [2.24, 2.45) is 10.2 Å². The third kappa shape index (κ3) is 3.21. The minimum absolute atomic E-state index is 0.0441. The van der Waals surface area contributed by atoms with E-state index in [4.69, 9.17) is 11.6 Å². The maximum atomic E-state index is 9.62. The van der Waals surface area contributed by atoms with Crippen LogP contribution in [0.3, 0.4) is 0 Å².